The van der Waals surface area contributed by atoms with E-state index in [4.69, 9.17) is 18.9 Å². The standard InChI is InChI=1S/C23H27N3O6/c1-29-18-5-3-15(11-20(18)30-2)7-8-24-23(28)25-16-12-22(27)26(14-16)17-4-6-19-21(13-17)32-10-9-31-19/h3-6,11,13,16H,7-10,12,14H2,1-2H3,(H2,24,25,28). The van der Waals surface area contributed by atoms with Crippen molar-refractivity contribution in [1.82, 2.24) is 10.6 Å². The van der Waals surface area contributed by atoms with Crippen LogP contribution >= 0.6 is 0 Å². The lowest BCUT2D eigenvalue weighted by atomic mass is 10.1. The van der Waals surface area contributed by atoms with E-state index in [1.165, 1.54) is 0 Å². The fraction of sp³-hybridized carbons (Fsp3) is 0.391. The molecule has 2 N–H and O–H groups in total. The molecule has 1 saturated heterocycles. The van der Waals surface area contributed by atoms with Gasteiger partial charge in [0.25, 0.3) is 0 Å². The van der Waals surface area contributed by atoms with Gasteiger partial charge in [0.1, 0.15) is 13.2 Å². The Bertz CT molecular complexity index is 996. The summed E-state index contributed by atoms with van der Waals surface area (Å²) in [7, 11) is 3.18. The molecule has 0 spiro atoms. The number of urea groups is 1. The Kier molecular flexibility index (Phi) is 6.53. The predicted octanol–water partition coefficient (Wildman–Crippen LogP) is 2.12. The zero-order valence-electron chi connectivity index (χ0n) is 18.2. The van der Waals surface area contributed by atoms with E-state index in [9.17, 15) is 9.59 Å². The minimum absolute atomic E-state index is 0.0442. The number of hydrogen-bond donors (Lipinski definition) is 2. The highest BCUT2D eigenvalue weighted by Crippen LogP contribution is 2.35. The molecule has 170 valence electrons. The fourth-order valence-electron chi connectivity index (χ4n) is 3.85. The van der Waals surface area contributed by atoms with Gasteiger partial charge in [0.2, 0.25) is 5.91 Å². The number of hydrogen-bond acceptors (Lipinski definition) is 6. The summed E-state index contributed by atoms with van der Waals surface area (Å²) in [6, 6.07) is 10.5. The third-order valence-electron chi connectivity index (χ3n) is 5.44. The molecule has 2 aliphatic heterocycles. The number of nitrogens with zero attached hydrogens (tertiary/aromatic N) is 1. The summed E-state index contributed by atoms with van der Waals surface area (Å²) in [5.41, 5.74) is 1.75. The van der Waals surface area contributed by atoms with Gasteiger partial charge in [0.05, 0.1) is 20.3 Å². The van der Waals surface area contributed by atoms with Gasteiger partial charge >= 0.3 is 6.03 Å². The van der Waals surface area contributed by atoms with Crippen LogP contribution in [0, 0.1) is 0 Å². The van der Waals surface area contributed by atoms with E-state index in [0.29, 0.717) is 55.7 Å². The van der Waals surface area contributed by atoms with Crippen LogP contribution in [-0.4, -0.2) is 58.5 Å². The molecule has 9 heteroatoms. The van der Waals surface area contributed by atoms with Crippen LogP contribution in [0.1, 0.15) is 12.0 Å². The topological polar surface area (TPSA) is 98.4 Å². The van der Waals surface area contributed by atoms with E-state index < -0.39 is 0 Å². The summed E-state index contributed by atoms with van der Waals surface area (Å²) >= 11 is 0. The predicted molar refractivity (Wildman–Crippen MR) is 118 cm³/mol. The molecule has 32 heavy (non-hydrogen) atoms. The molecule has 0 aliphatic carbocycles. The van der Waals surface area contributed by atoms with Gasteiger partial charge in [-0.25, -0.2) is 4.79 Å². The number of ether oxygens (including phenoxy) is 4. The normalized spacial score (nSPS) is 17.1. The highest BCUT2D eigenvalue weighted by molar-refractivity contribution is 5.97. The number of methoxy groups -OCH3 is 2. The molecular weight excluding hydrogens is 414 g/mol. The van der Waals surface area contributed by atoms with E-state index in [-0.39, 0.29) is 24.4 Å². The van der Waals surface area contributed by atoms with Crippen molar-refractivity contribution in [3.05, 3.63) is 42.0 Å². The smallest absolute Gasteiger partial charge is 0.315 e. The molecule has 2 heterocycles. The Morgan fingerprint density at radius 3 is 2.62 bits per heavy atom. The molecule has 2 aromatic carbocycles. The minimum Gasteiger partial charge on any atom is -0.493 e. The Hall–Kier alpha value is -3.62. The molecule has 0 saturated carbocycles. The second-order valence-electron chi connectivity index (χ2n) is 7.57. The molecule has 4 rings (SSSR count). The Balaban J connectivity index is 1.27. The molecule has 0 radical (unpaired) electrons. The second-order valence-corrected chi connectivity index (χ2v) is 7.57. The maximum atomic E-state index is 12.5. The van der Waals surface area contributed by atoms with Crippen LogP contribution in [0.4, 0.5) is 10.5 Å². The second kappa shape index (κ2) is 9.67. The molecular formula is C23H27N3O6. The van der Waals surface area contributed by atoms with Crippen molar-refractivity contribution in [1.29, 1.82) is 0 Å². The Labute approximate surface area is 186 Å². The summed E-state index contributed by atoms with van der Waals surface area (Å²) in [6.45, 7) is 1.86. The van der Waals surface area contributed by atoms with Crippen molar-refractivity contribution in [2.45, 2.75) is 18.9 Å². The molecule has 0 aromatic heterocycles. The van der Waals surface area contributed by atoms with Gasteiger partial charge < -0.3 is 34.5 Å². The van der Waals surface area contributed by atoms with E-state index in [0.717, 1.165) is 11.3 Å². The average molecular weight is 441 g/mol. The summed E-state index contributed by atoms with van der Waals surface area (Å²) in [6.07, 6.45) is 0.887. The molecule has 3 amide bonds. The number of amides is 3. The van der Waals surface area contributed by atoms with Gasteiger partial charge in [-0.1, -0.05) is 6.07 Å². The number of fused-ring (bicyclic) bond motifs is 1. The van der Waals surface area contributed by atoms with Crippen molar-refractivity contribution in [2.75, 3.05) is 45.4 Å². The van der Waals surface area contributed by atoms with E-state index in [1.807, 2.05) is 24.3 Å². The number of carbonyl (C=O) groups is 2. The molecule has 2 aromatic rings. The molecule has 1 fully saturated rings. The number of rotatable bonds is 7. The van der Waals surface area contributed by atoms with Crippen LogP contribution in [0.2, 0.25) is 0 Å². The fourth-order valence-corrected chi connectivity index (χ4v) is 3.85. The minimum atomic E-state index is -0.299. The van der Waals surface area contributed by atoms with Gasteiger partial charge in [-0.05, 0) is 36.2 Å². The highest BCUT2D eigenvalue weighted by atomic mass is 16.6. The SMILES string of the molecule is COc1ccc(CCNC(=O)NC2CC(=O)N(c3ccc4c(c3)OCCO4)C2)cc1OC. The molecule has 1 unspecified atom stereocenters. The Morgan fingerprint density at radius 1 is 1.06 bits per heavy atom. The van der Waals surface area contributed by atoms with E-state index in [2.05, 4.69) is 10.6 Å². The third kappa shape index (κ3) is 4.82. The van der Waals surface area contributed by atoms with E-state index >= 15 is 0 Å². The maximum absolute atomic E-state index is 12.5. The van der Waals surface area contributed by atoms with Crippen molar-refractivity contribution in [3.63, 3.8) is 0 Å². The zero-order valence-corrected chi connectivity index (χ0v) is 18.2. The van der Waals surface area contributed by atoms with Gasteiger partial charge in [0.15, 0.2) is 23.0 Å². The van der Waals surface area contributed by atoms with Gasteiger partial charge in [0, 0.05) is 31.3 Å². The first kappa shape index (κ1) is 21.6. The van der Waals surface area contributed by atoms with Gasteiger partial charge in [-0.2, -0.15) is 0 Å². The number of carbonyl (C=O) groups excluding carboxylic acids is 2. The first-order valence-electron chi connectivity index (χ1n) is 10.5. The lowest BCUT2D eigenvalue weighted by Gasteiger charge is -2.22. The molecule has 2 aliphatic rings. The summed E-state index contributed by atoms with van der Waals surface area (Å²) in [4.78, 5) is 26.5. The number of benzene rings is 2. The van der Waals surface area contributed by atoms with Crippen molar-refractivity contribution in [3.8, 4) is 23.0 Å². The molecule has 1 atom stereocenters. The quantitative estimate of drug-likeness (QED) is 0.683. The van der Waals surface area contributed by atoms with Crippen LogP contribution in [-0.2, 0) is 11.2 Å². The lowest BCUT2D eigenvalue weighted by molar-refractivity contribution is -0.117. The largest absolute Gasteiger partial charge is 0.493 e. The van der Waals surface area contributed by atoms with Crippen LogP contribution < -0.4 is 34.5 Å². The third-order valence-corrected chi connectivity index (χ3v) is 5.44. The number of anilines is 1. The summed E-state index contributed by atoms with van der Waals surface area (Å²) < 4.78 is 21.7. The monoisotopic (exact) mass is 441 g/mol. The van der Waals surface area contributed by atoms with Crippen LogP contribution in [0.25, 0.3) is 0 Å². The Morgan fingerprint density at radius 2 is 1.84 bits per heavy atom. The lowest BCUT2D eigenvalue weighted by Crippen LogP contribution is -2.43. The first-order valence-corrected chi connectivity index (χ1v) is 10.5. The number of nitrogens with one attached hydrogen (secondary N) is 2. The van der Waals surface area contributed by atoms with Crippen molar-refractivity contribution < 1.29 is 28.5 Å². The van der Waals surface area contributed by atoms with Crippen molar-refractivity contribution >= 4 is 17.6 Å². The molecule has 0 bridgehead atoms. The maximum Gasteiger partial charge on any atom is 0.315 e. The zero-order chi connectivity index (χ0) is 22.5. The first-order chi connectivity index (χ1) is 15.6. The van der Waals surface area contributed by atoms with Gasteiger partial charge in [-0.3, -0.25) is 4.79 Å². The molecule has 9 nitrogen and oxygen atoms in total. The average Bonchev–Trinajstić information content (AvgIpc) is 3.18. The van der Waals surface area contributed by atoms with Crippen molar-refractivity contribution in [2.24, 2.45) is 0 Å². The summed E-state index contributed by atoms with van der Waals surface area (Å²) in [5, 5.41) is 5.73. The highest BCUT2D eigenvalue weighted by Gasteiger charge is 2.32. The summed E-state index contributed by atoms with van der Waals surface area (Å²) in [5.74, 6) is 2.58. The van der Waals surface area contributed by atoms with Gasteiger partial charge in [-0.15, -0.1) is 0 Å². The van der Waals surface area contributed by atoms with Crippen LogP contribution in [0.3, 0.4) is 0 Å². The van der Waals surface area contributed by atoms with Crippen LogP contribution in [0.15, 0.2) is 36.4 Å². The van der Waals surface area contributed by atoms with E-state index in [1.54, 1.807) is 31.3 Å². The van der Waals surface area contributed by atoms with Crippen LogP contribution in [0.5, 0.6) is 23.0 Å².